The Labute approximate surface area is 165 Å². The molecule has 3 rings (SSSR count). The first-order valence-corrected chi connectivity index (χ1v) is 10.9. The van der Waals surface area contributed by atoms with E-state index in [9.17, 15) is 13.2 Å². The Morgan fingerprint density at radius 1 is 1.04 bits per heavy atom. The number of sulfonamides is 1. The number of hydrogen-bond acceptors (Lipinski definition) is 3. The van der Waals surface area contributed by atoms with Crippen LogP contribution in [0.1, 0.15) is 35.7 Å². The monoisotopic (exact) mass is 399 g/mol. The van der Waals surface area contributed by atoms with E-state index in [0.717, 1.165) is 29.3 Å². The molecule has 3 aromatic rings. The lowest BCUT2D eigenvalue weighted by Crippen LogP contribution is -2.26. The highest BCUT2D eigenvalue weighted by Crippen LogP contribution is 2.17. The van der Waals surface area contributed by atoms with E-state index < -0.39 is 10.0 Å². The molecule has 0 saturated carbocycles. The van der Waals surface area contributed by atoms with Crippen molar-refractivity contribution in [3.05, 3.63) is 65.9 Å². The molecule has 148 valence electrons. The summed E-state index contributed by atoms with van der Waals surface area (Å²) in [4.78, 5) is 15.7. The van der Waals surface area contributed by atoms with Gasteiger partial charge in [0.05, 0.1) is 4.90 Å². The molecule has 0 fully saturated rings. The van der Waals surface area contributed by atoms with Crippen LogP contribution in [0.2, 0.25) is 0 Å². The Hall–Kier alpha value is -2.64. The molecule has 28 heavy (non-hydrogen) atoms. The summed E-state index contributed by atoms with van der Waals surface area (Å²) in [6.07, 6.45) is 4.38. The number of unbranched alkanes of at least 4 members (excludes halogenated alkanes) is 1. The van der Waals surface area contributed by atoms with Gasteiger partial charge in [0.25, 0.3) is 5.91 Å². The van der Waals surface area contributed by atoms with Gasteiger partial charge in [-0.1, -0.05) is 31.5 Å². The second kappa shape index (κ2) is 9.03. The van der Waals surface area contributed by atoms with Gasteiger partial charge in [-0.25, -0.2) is 13.1 Å². The topological polar surface area (TPSA) is 91.1 Å². The van der Waals surface area contributed by atoms with Gasteiger partial charge in [0.1, 0.15) is 0 Å². The fourth-order valence-corrected chi connectivity index (χ4v) is 4.08. The van der Waals surface area contributed by atoms with Crippen LogP contribution in [0.3, 0.4) is 0 Å². The lowest BCUT2D eigenvalue weighted by molar-refractivity contribution is 0.0954. The smallest absolute Gasteiger partial charge is 0.251 e. The van der Waals surface area contributed by atoms with E-state index in [1.165, 1.54) is 24.3 Å². The predicted molar refractivity (Wildman–Crippen MR) is 111 cm³/mol. The molecule has 7 heteroatoms. The third-order valence-electron chi connectivity index (χ3n) is 4.60. The van der Waals surface area contributed by atoms with Crippen molar-refractivity contribution in [1.82, 2.24) is 15.0 Å². The molecule has 0 aliphatic carbocycles. The normalized spacial score (nSPS) is 11.6. The molecule has 0 atom stereocenters. The van der Waals surface area contributed by atoms with Gasteiger partial charge in [-0.3, -0.25) is 4.79 Å². The second-order valence-corrected chi connectivity index (χ2v) is 8.41. The second-order valence-electron chi connectivity index (χ2n) is 6.64. The average Bonchev–Trinajstić information content (AvgIpc) is 3.11. The highest BCUT2D eigenvalue weighted by atomic mass is 32.2. The minimum atomic E-state index is -3.53. The Morgan fingerprint density at radius 2 is 1.79 bits per heavy atom. The summed E-state index contributed by atoms with van der Waals surface area (Å²) in [5.74, 6) is -0.220. The van der Waals surface area contributed by atoms with E-state index in [1.54, 1.807) is 0 Å². The minimum absolute atomic E-state index is 0.166. The number of carbonyl (C=O) groups excluding carboxylic acids is 1. The molecular weight excluding hydrogens is 374 g/mol. The number of rotatable bonds is 9. The zero-order chi connectivity index (χ0) is 20.0. The van der Waals surface area contributed by atoms with Crippen LogP contribution in [-0.4, -0.2) is 32.4 Å². The van der Waals surface area contributed by atoms with E-state index in [-0.39, 0.29) is 10.8 Å². The van der Waals surface area contributed by atoms with Crippen molar-refractivity contribution in [2.24, 2.45) is 0 Å². The maximum atomic E-state index is 12.3. The first kappa shape index (κ1) is 20.1. The van der Waals surface area contributed by atoms with E-state index in [1.807, 2.05) is 31.3 Å². The number of aromatic nitrogens is 1. The molecule has 0 saturated heterocycles. The number of fused-ring (bicyclic) bond motifs is 1. The standard InChI is InChI=1S/C21H25N3O3S/c1-2-3-13-24-28(26,27)18-10-8-16(9-11-18)21(25)22-14-12-17-15-23-20-7-5-4-6-19(17)20/h4-11,15,23-24H,2-3,12-14H2,1H3,(H,22,25). The van der Waals surface area contributed by atoms with Crippen molar-refractivity contribution in [3.63, 3.8) is 0 Å². The molecule has 0 bridgehead atoms. The van der Waals surface area contributed by atoms with Crippen molar-refractivity contribution in [3.8, 4) is 0 Å². The van der Waals surface area contributed by atoms with Crippen LogP contribution in [0.25, 0.3) is 10.9 Å². The van der Waals surface area contributed by atoms with Crippen molar-refractivity contribution < 1.29 is 13.2 Å². The number of amides is 1. The van der Waals surface area contributed by atoms with Crippen LogP contribution in [0, 0.1) is 0 Å². The van der Waals surface area contributed by atoms with E-state index in [0.29, 0.717) is 25.1 Å². The molecule has 6 nitrogen and oxygen atoms in total. The predicted octanol–water partition coefficient (Wildman–Crippen LogP) is 3.22. The lowest BCUT2D eigenvalue weighted by Gasteiger charge is -2.08. The van der Waals surface area contributed by atoms with E-state index in [4.69, 9.17) is 0 Å². The number of nitrogens with one attached hydrogen (secondary N) is 3. The number of carbonyl (C=O) groups is 1. The van der Waals surface area contributed by atoms with Gasteiger partial charge in [0.15, 0.2) is 0 Å². The lowest BCUT2D eigenvalue weighted by atomic mass is 10.1. The minimum Gasteiger partial charge on any atom is -0.361 e. The molecule has 0 radical (unpaired) electrons. The Balaban J connectivity index is 1.56. The molecule has 3 N–H and O–H groups in total. The fraction of sp³-hybridized carbons (Fsp3) is 0.286. The van der Waals surface area contributed by atoms with Gasteiger partial charge >= 0.3 is 0 Å². The largest absolute Gasteiger partial charge is 0.361 e. The molecule has 0 unspecified atom stereocenters. The highest BCUT2D eigenvalue weighted by molar-refractivity contribution is 7.89. The number of aromatic amines is 1. The molecule has 1 aromatic heterocycles. The summed E-state index contributed by atoms with van der Waals surface area (Å²) in [5, 5.41) is 4.04. The zero-order valence-electron chi connectivity index (χ0n) is 15.9. The third-order valence-corrected chi connectivity index (χ3v) is 6.08. The summed E-state index contributed by atoms with van der Waals surface area (Å²) in [6.45, 7) is 2.91. The van der Waals surface area contributed by atoms with Gasteiger partial charge in [0.2, 0.25) is 10.0 Å². The summed E-state index contributed by atoms with van der Waals surface area (Å²) < 4.78 is 26.9. The van der Waals surface area contributed by atoms with Crippen LogP contribution < -0.4 is 10.0 Å². The molecule has 1 heterocycles. The molecule has 0 aliphatic rings. The van der Waals surface area contributed by atoms with Crippen molar-refractivity contribution >= 4 is 26.8 Å². The third kappa shape index (κ3) is 4.79. The van der Waals surface area contributed by atoms with Gasteiger partial charge < -0.3 is 10.3 Å². The highest BCUT2D eigenvalue weighted by Gasteiger charge is 2.14. The molecule has 0 spiro atoms. The van der Waals surface area contributed by atoms with Crippen LogP contribution in [-0.2, 0) is 16.4 Å². The molecule has 2 aromatic carbocycles. The van der Waals surface area contributed by atoms with Crippen molar-refractivity contribution in [2.75, 3.05) is 13.1 Å². The van der Waals surface area contributed by atoms with Crippen LogP contribution in [0.15, 0.2) is 59.6 Å². The number of hydrogen-bond donors (Lipinski definition) is 3. The summed E-state index contributed by atoms with van der Waals surface area (Å²) in [7, 11) is -3.53. The van der Waals surface area contributed by atoms with Crippen LogP contribution in [0.4, 0.5) is 0 Å². The number of H-pyrrole nitrogens is 1. The van der Waals surface area contributed by atoms with Crippen molar-refractivity contribution in [1.29, 1.82) is 0 Å². The van der Waals surface area contributed by atoms with Crippen LogP contribution in [0.5, 0.6) is 0 Å². The number of benzene rings is 2. The Morgan fingerprint density at radius 3 is 2.54 bits per heavy atom. The molecular formula is C21H25N3O3S. The summed E-state index contributed by atoms with van der Waals surface area (Å²) in [6, 6.07) is 14.0. The SMILES string of the molecule is CCCCNS(=O)(=O)c1ccc(C(=O)NCCc2c[nH]c3ccccc23)cc1. The van der Waals surface area contributed by atoms with Gasteiger partial charge in [0, 0.05) is 35.8 Å². The summed E-state index contributed by atoms with van der Waals surface area (Å²) in [5.41, 5.74) is 2.66. The maximum absolute atomic E-state index is 12.3. The zero-order valence-corrected chi connectivity index (χ0v) is 16.7. The van der Waals surface area contributed by atoms with Gasteiger partial charge in [-0.15, -0.1) is 0 Å². The van der Waals surface area contributed by atoms with E-state index >= 15 is 0 Å². The summed E-state index contributed by atoms with van der Waals surface area (Å²) >= 11 is 0. The average molecular weight is 400 g/mol. The quantitative estimate of drug-likeness (QED) is 0.483. The Bertz CT molecular complexity index is 1040. The van der Waals surface area contributed by atoms with Crippen LogP contribution >= 0.6 is 0 Å². The number of para-hydroxylation sites is 1. The molecule has 1 amide bonds. The first-order chi connectivity index (χ1) is 13.5. The Kier molecular flexibility index (Phi) is 6.49. The van der Waals surface area contributed by atoms with Gasteiger partial charge in [-0.05, 0) is 48.7 Å². The van der Waals surface area contributed by atoms with Crippen molar-refractivity contribution in [2.45, 2.75) is 31.1 Å². The first-order valence-electron chi connectivity index (χ1n) is 9.44. The van der Waals surface area contributed by atoms with Gasteiger partial charge in [-0.2, -0.15) is 0 Å². The molecule has 0 aliphatic heterocycles. The van der Waals surface area contributed by atoms with E-state index in [2.05, 4.69) is 21.1 Å². The maximum Gasteiger partial charge on any atom is 0.251 e. The fourth-order valence-electron chi connectivity index (χ4n) is 3.00.